The lowest BCUT2D eigenvalue weighted by molar-refractivity contribution is -0.119. The van der Waals surface area contributed by atoms with Gasteiger partial charge in [-0.1, -0.05) is 24.3 Å². The number of H-pyrrole nitrogens is 1. The molecule has 1 atom stereocenters. The summed E-state index contributed by atoms with van der Waals surface area (Å²) in [5.41, 5.74) is 7.00. The number of rotatable bonds is 7. The van der Waals surface area contributed by atoms with E-state index in [0.717, 1.165) is 39.2 Å². The molecule has 6 rings (SSSR count). The second kappa shape index (κ2) is 9.42. The number of aromatic nitrogens is 5. The molecule has 36 heavy (non-hydrogen) atoms. The van der Waals surface area contributed by atoms with Crippen LogP contribution >= 0.6 is 0 Å². The Hall–Kier alpha value is -4.85. The topological polar surface area (TPSA) is 108 Å². The predicted octanol–water partition coefficient (Wildman–Crippen LogP) is 4.82. The van der Waals surface area contributed by atoms with Crippen LogP contribution in [-0.4, -0.2) is 37.0 Å². The third kappa shape index (κ3) is 4.56. The summed E-state index contributed by atoms with van der Waals surface area (Å²) in [5.74, 6) is 1.49. The smallest absolute Gasteiger partial charge is 0.161 e. The molecule has 1 unspecified atom stereocenters. The molecule has 0 fully saturated rings. The Labute approximate surface area is 207 Å². The van der Waals surface area contributed by atoms with E-state index in [-0.39, 0.29) is 11.8 Å². The molecule has 1 aliphatic heterocycles. The predicted molar refractivity (Wildman–Crippen MR) is 139 cm³/mol. The van der Waals surface area contributed by atoms with Crippen LogP contribution in [-0.2, 0) is 17.6 Å². The Bertz CT molecular complexity index is 1500. The maximum absolute atomic E-state index is 12.8. The van der Waals surface area contributed by atoms with Crippen molar-refractivity contribution in [2.24, 2.45) is 0 Å². The number of pyridine rings is 1. The van der Waals surface area contributed by atoms with Crippen LogP contribution in [0.4, 0.5) is 17.2 Å². The van der Waals surface area contributed by atoms with Crippen LogP contribution in [0.25, 0.3) is 22.5 Å². The number of hydrogen-bond donors (Lipinski definition) is 3. The van der Waals surface area contributed by atoms with Gasteiger partial charge in [0.15, 0.2) is 11.6 Å². The highest BCUT2D eigenvalue weighted by atomic mass is 16.1. The fourth-order valence-electron chi connectivity index (χ4n) is 4.38. The van der Waals surface area contributed by atoms with Gasteiger partial charge in [0.25, 0.3) is 0 Å². The molecule has 8 nitrogen and oxygen atoms in total. The summed E-state index contributed by atoms with van der Waals surface area (Å²) in [6, 6.07) is 19.5. The first-order valence-corrected chi connectivity index (χ1v) is 11.7. The van der Waals surface area contributed by atoms with Crippen molar-refractivity contribution in [3.8, 4) is 22.5 Å². The number of Topliss-reactive ketones (excluding diaryl/α,β-unsaturated/α-hetero) is 1. The van der Waals surface area contributed by atoms with Crippen molar-refractivity contribution in [1.29, 1.82) is 0 Å². The van der Waals surface area contributed by atoms with Gasteiger partial charge in [-0.3, -0.25) is 14.9 Å². The van der Waals surface area contributed by atoms with Gasteiger partial charge in [-0.25, -0.2) is 9.97 Å². The number of nitrogens with zero attached hydrogens (tertiary/aromatic N) is 4. The Morgan fingerprint density at radius 1 is 0.944 bits per heavy atom. The van der Waals surface area contributed by atoms with Crippen molar-refractivity contribution < 1.29 is 4.79 Å². The van der Waals surface area contributed by atoms with Crippen LogP contribution < -0.4 is 10.6 Å². The van der Waals surface area contributed by atoms with E-state index in [1.54, 1.807) is 24.8 Å². The van der Waals surface area contributed by atoms with Crippen LogP contribution in [0.3, 0.4) is 0 Å². The third-order valence-electron chi connectivity index (χ3n) is 6.28. The number of hydrogen-bond acceptors (Lipinski definition) is 7. The summed E-state index contributed by atoms with van der Waals surface area (Å²) in [4.78, 5) is 26.0. The normalized spacial score (nSPS) is 14.2. The van der Waals surface area contributed by atoms with E-state index in [1.165, 1.54) is 0 Å². The maximum Gasteiger partial charge on any atom is 0.161 e. The number of carbonyl (C=O) groups excluding carboxylic acids is 1. The lowest BCUT2D eigenvalue weighted by atomic mass is 10.0. The molecule has 2 aromatic carbocycles. The van der Waals surface area contributed by atoms with Gasteiger partial charge in [-0.2, -0.15) is 5.10 Å². The molecule has 5 aromatic rings. The number of aromatic amines is 1. The molecule has 4 heterocycles. The first-order chi connectivity index (χ1) is 17.7. The van der Waals surface area contributed by atoms with Crippen LogP contribution in [0.1, 0.15) is 11.1 Å². The molecule has 0 bridgehead atoms. The number of anilines is 3. The molecule has 0 spiro atoms. The van der Waals surface area contributed by atoms with Crippen molar-refractivity contribution in [1.82, 2.24) is 25.1 Å². The largest absolute Gasteiger partial charge is 0.375 e. The minimum absolute atomic E-state index is 0.167. The Morgan fingerprint density at radius 3 is 2.58 bits per heavy atom. The summed E-state index contributed by atoms with van der Waals surface area (Å²) in [5, 5.41) is 13.6. The summed E-state index contributed by atoms with van der Waals surface area (Å²) in [6.07, 6.45) is 9.90. The monoisotopic (exact) mass is 473 g/mol. The third-order valence-corrected chi connectivity index (χ3v) is 6.28. The quantitative estimate of drug-likeness (QED) is 0.311. The van der Waals surface area contributed by atoms with Crippen LogP contribution in [0.2, 0.25) is 0 Å². The molecule has 0 amide bonds. The second-order valence-corrected chi connectivity index (χ2v) is 8.73. The molecule has 176 valence electrons. The highest BCUT2D eigenvalue weighted by molar-refractivity contribution is 5.91. The first-order valence-electron chi connectivity index (χ1n) is 11.7. The van der Waals surface area contributed by atoms with E-state index < -0.39 is 0 Å². The zero-order valence-corrected chi connectivity index (χ0v) is 19.3. The molecule has 1 aliphatic rings. The minimum atomic E-state index is -0.234. The van der Waals surface area contributed by atoms with Crippen molar-refractivity contribution in [2.45, 2.75) is 18.9 Å². The molecule has 3 aromatic heterocycles. The number of fused-ring (bicyclic) bond motifs is 1. The molecule has 0 radical (unpaired) electrons. The number of carbonyl (C=O) groups is 1. The zero-order chi connectivity index (χ0) is 24.3. The average Bonchev–Trinajstić information content (AvgIpc) is 3.60. The van der Waals surface area contributed by atoms with Crippen LogP contribution in [0, 0.1) is 0 Å². The highest BCUT2D eigenvalue weighted by Crippen LogP contribution is 2.31. The van der Waals surface area contributed by atoms with Gasteiger partial charge in [0.2, 0.25) is 0 Å². The van der Waals surface area contributed by atoms with Crippen LogP contribution in [0.5, 0.6) is 0 Å². The van der Waals surface area contributed by atoms with Gasteiger partial charge in [0.1, 0.15) is 5.82 Å². The SMILES string of the molecule is O=C(Cc1ccncc1)C1Cc2ccc(-c3nccc(Nc4ccc(-c5cn[nH]c5)cc4)n3)cc2N1. The van der Waals surface area contributed by atoms with Gasteiger partial charge < -0.3 is 10.6 Å². The number of nitrogens with one attached hydrogen (secondary N) is 3. The van der Waals surface area contributed by atoms with Crippen LogP contribution in [0.15, 0.2) is 91.6 Å². The summed E-state index contributed by atoms with van der Waals surface area (Å²) in [7, 11) is 0. The number of ketones is 1. The second-order valence-electron chi connectivity index (χ2n) is 8.73. The molecule has 3 N–H and O–H groups in total. The summed E-state index contributed by atoms with van der Waals surface area (Å²) >= 11 is 0. The Morgan fingerprint density at radius 2 is 1.78 bits per heavy atom. The maximum atomic E-state index is 12.8. The van der Waals surface area contributed by atoms with Gasteiger partial charge in [0.05, 0.1) is 12.2 Å². The summed E-state index contributed by atoms with van der Waals surface area (Å²) in [6.45, 7) is 0. The van der Waals surface area contributed by atoms with Gasteiger partial charge >= 0.3 is 0 Å². The number of benzene rings is 2. The van der Waals surface area contributed by atoms with E-state index in [9.17, 15) is 4.79 Å². The van der Waals surface area contributed by atoms with Crippen molar-refractivity contribution >= 4 is 23.0 Å². The lowest BCUT2D eigenvalue weighted by Crippen LogP contribution is -2.28. The lowest BCUT2D eigenvalue weighted by Gasteiger charge is -2.10. The Kier molecular flexibility index (Phi) is 5.67. The average molecular weight is 474 g/mol. The molecule has 8 heteroatoms. The summed E-state index contributed by atoms with van der Waals surface area (Å²) < 4.78 is 0. The van der Waals surface area contributed by atoms with Gasteiger partial charge in [-0.05, 0) is 53.1 Å². The first kappa shape index (κ1) is 21.7. The van der Waals surface area contributed by atoms with E-state index in [0.29, 0.717) is 24.5 Å². The zero-order valence-electron chi connectivity index (χ0n) is 19.3. The van der Waals surface area contributed by atoms with Crippen molar-refractivity contribution in [3.05, 3.63) is 103 Å². The van der Waals surface area contributed by atoms with E-state index in [4.69, 9.17) is 4.98 Å². The van der Waals surface area contributed by atoms with E-state index in [1.807, 2.05) is 60.8 Å². The van der Waals surface area contributed by atoms with E-state index in [2.05, 4.69) is 36.9 Å². The Balaban J connectivity index is 1.15. The van der Waals surface area contributed by atoms with Crippen molar-refractivity contribution in [2.75, 3.05) is 10.6 Å². The molecule has 0 saturated heterocycles. The van der Waals surface area contributed by atoms with E-state index >= 15 is 0 Å². The minimum Gasteiger partial charge on any atom is -0.375 e. The molecular weight excluding hydrogens is 450 g/mol. The fourth-order valence-corrected chi connectivity index (χ4v) is 4.38. The standard InChI is InChI=1S/C28H23N7O/c36-26(13-18-7-10-29-11-8-18)25-14-20-1-2-21(15-24(20)34-25)28-30-12-9-27(35-28)33-23-5-3-19(4-6-23)22-16-31-32-17-22/h1-12,15-17,25,34H,13-14H2,(H,31,32)(H,30,33,35). The fraction of sp³-hybridized carbons (Fsp3) is 0.107. The molecule has 0 aliphatic carbocycles. The van der Waals surface area contributed by atoms with Gasteiger partial charge in [0, 0.05) is 60.1 Å². The molecular formula is C28H23N7O. The van der Waals surface area contributed by atoms with Gasteiger partial charge in [-0.15, -0.1) is 0 Å². The molecule has 0 saturated carbocycles. The highest BCUT2D eigenvalue weighted by Gasteiger charge is 2.27. The van der Waals surface area contributed by atoms with Crippen molar-refractivity contribution in [3.63, 3.8) is 0 Å².